The molecule has 0 saturated carbocycles. The first-order valence-corrected chi connectivity index (χ1v) is 8.98. The summed E-state index contributed by atoms with van der Waals surface area (Å²) in [6.07, 6.45) is 6.30. The number of benzene rings is 1. The third-order valence-corrected chi connectivity index (χ3v) is 5.61. The van der Waals surface area contributed by atoms with E-state index in [0.717, 1.165) is 0 Å². The normalized spacial score (nSPS) is 25.2. The molecule has 0 saturated heterocycles. The van der Waals surface area contributed by atoms with Gasteiger partial charge in [0.25, 0.3) is 0 Å². The highest BCUT2D eigenvalue weighted by Gasteiger charge is 2.63. The molecule has 0 aromatic heterocycles. The molecular formula is C22H19N3O3. The van der Waals surface area contributed by atoms with Gasteiger partial charge in [0.2, 0.25) is 11.8 Å². The van der Waals surface area contributed by atoms with Crippen LogP contribution in [0.5, 0.6) is 5.75 Å². The smallest absolute Gasteiger partial charge is 0.248 e. The Morgan fingerprint density at radius 1 is 1.29 bits per heavy atom. The number of amides is 1. The van der Waals surface area contributed by atoms with E-state index in [9.17, 15) is 14.9 Å². The molecule has 2 aliphatic heterocycles. The van der Waals surface area contributed by atoms with Gasteiger partial charge in [0.15, 0.2) is 5.78 Å². The van der Waals surface area contributed by atoms with Crippen molar-refractivity contribution >= 4 is 11.7 Å². The molecule has 1 aromatic rings. The lowest BCUT2D eigenvalue weighted by Crippen LogP contribution is -2.47. The molecule has 1 spiro atoms. The van der Waals surface area contributed by atoms with Gasteiger partial charge in [-0.3, -0.25) is 9.59 Å². The maximum atomic E-state index is 13.8. The fraction of sp³-hybridized carbons (Fsp3) is 0.318. The number of fused-ring (bicyclic) bond motifs is 3. The van der Waals surface area contributed by atoms with Gasteiger partial charge >= 0.3 is 0 Å². The first-order chi connectivity index (χ1) is 13.3. The molecule has 1 aromatic carbocycles. The second kappa shape index (κ2) is 5.74. The van der Waals surface area contributed by atoms with Crippen molar-refractivity contribution in [2.45, 2.75) is 32.1 Å². The molecule has 1 atom stereocenters. The van der Waals surface area contributed by atoms with Gasteiger partial charge in [-0.2, -0.15) is 5.26 Å². The molecule has 1 aliphatic carbocycles. The van der Waals surface area contributed by atoms with E-state index in [1.54, 1.807) is 24.3 Å². The van der Waals surface area contributed by atoms with Gasteiger partial charge in [0.05, 0.1) is 6.54 Å². The quantitative estimate of drug-likeness (QED) is 0.761. The molecule has 4 rings (SSSR count). The average Bonchev–Trinajstić information content (AvgIpc) is 2.85. The van der Waals surface area contributed by atoms with Gasteiger partial charge in [0.1, 0.15) is 22.8 Å². The predicted octanol–water partition coefficient (Wildman–Crippen LogP) is 2.13. The molecule has 0 fully saturated rings. The number of nitriles is 1. The van der Waals surface area contributed by atoms with Crippen LogP contribution in [0.25, 0.3) is 0 Å². The number of para-hydroxylation sites is 1. The van der Waals surface area contributed by atoms with Gasteiger partial charge in [-0.05, 0) is 17.9 Å². The lowest BCUT2D eigenvalue weighted by molar-refractivity contribution is -0.131. The van der Waals surface area contributed by atoms with Gasteiger partial charge < -0.3 is 15.4 Å². The Morgan fingerprint density at radius 2 is 2.00 bits per heavy atom. The summed E-state index contributed by atoms with van der Waals surface area (Å²) in [5, 5.41) is 9.91. The zero-order valence-corrected chi connectivity index (χ0v) is 15.7. The summed E-state index contributed by atoms with van der Waals surface area (Å²) in [7, 11) is 0. The predicted molar refractivity (Wildman–Crippen MR) is 101 cm³/mol. The topological polar surface area (TPSA) is 96.4 Å². The van der Waals surface area contributed by atoms with E-state index in [1.165, 1.54) is 4.90 Å². The molecule has 6 nitrogen and oxygen atoms in total. The van der Waals surface area contributed by atoms with Crippen LogP contribution >= 0.6 is 0 Å². The van der Waals surface area contributed by atoms with Crippen LogP contribution in [0.1, 0.15) is 32.3 Å². The van der Waals surface area contributed by atoms with Crippen molar-refractivity contribution in [2.24, 2.45) is 11.1 Å². The van der Waals surface area contributed by atoms with E-state index in [0.29, 0.717) is 29.0 Å². The third-order valence-electron chi connectivity index (χ3n) is 5.61. The van der Waals surface area contributed by atoms with E-state index < -0.39 is 11.3 Å². The van der Waals surface area contributed by atoms with Crippen molar-refractivity contribution in [3.05, 3.63) is 52.6 Å². The van der Waals surface area contributed by atoms with Crippen LogP contribution in [0.2, 0.25) is 0 Å². The highest BCUT2D eigenvalue weighted by Crippen LogP contribution is 2.57. The molecule has 0 radical (unpaired) electrons. The van der Waals surface area contributed by atoms with Crippen LogP contribution in [-0.2, 0) is 15.0 Å². The second-order valence-corrected chi connectivity index (χ2v) is 8.06. The summed E-state index contributed by atoms with van der Waals surface area (Å²) in [5.74, 6) is 2.11. The average molecular weight is 373 g/mol. The van der Waals surface area contributed by atoms with Crippen LogP contribution in [0, 0.1) is 29.1 Å². The van der Waals surface area contributed by atoms with Crippen LogP contribution in [-0.4, -0.2) is 23.1 Å². The number of Topliss-reactive ketones (excluding diaryl/α,β-unsaturated/α-hetero) is 1. The number of nitrogens with two attached hydrogens (primary N) is 1. The lowest BCUT2D eigenvalue weighted by Gasteiger charge is -2.37. The van der Waals surface area contributed by atoms with E-state index in [-0.39, 0.29) is 35.6 Å². The zero-order valence-electron chi connectivity index (χ0n) is 15.7. The second-order valence-electron chi connectivity index (χ2n) is 8.06. The van der Waals surface area contributed by atoms with Gasteiger partial charge in [-0.1, -0.05) is 38.0 Å². The van der Waals surface area contributed by atoms with Crippen LogP contribution in [0.3, 0.4) is 0 Å². The van der Waals surface area contributed by atoms with Crippen molar-refractivity contribution < 1.29 is 14.3 Å². The van der Waals surface area contributed by atoms with Gasteiger partial charge in [-0.15, -0.1) is 6.42 Å². The zero-order chi connectivity index (χ0) is 20.3. The molecule has 1 amide bonds. The molecule has 0 bridgehead atoms. The Morgan fingerprint density at radius 3 is 2.68 bits per heavy atom. The Balaban J connectivity index is 2.13. The van der Waals surface area contributed by atoms with Crippen LogP contribution < -0.4 is 10.5 Å². The minimum Gasteiger partial charge on any atom is -0.440 e. The Labute approximate surface area is 163 Å². The number of nitrogens with zero attached hydrogens (tertiary/aromatic N) is 2. The number of rotatable bonds is 1. The van der Waals surface area contributed by atoms with Gasteiger partial charge in [0, 0.05) is 23.3 Å². The summed E-state index contributed by atoms with van der Waals surface area (Å²) in [4.78, 5) is 28.6. The molecule has 2 N–H and O–H groups in total. The molecule has 3 aliphatic rings. The Bertz CT molecular complexity index is 1080. The highest BCUT2D eigenvalue weighted by atomic mass is 16.5. The largest absolute Gasteiger partial charge is 0.440 e. The number of allylic oxidation sites excluding steroid dienone is 1. The van der Waals surface area contributed by atoms with Gasteiger partial charge in [-0.25, -0.2) is 0 Å². The maximum absolute atomic E-state index is 13.8. The van der Waals surface area contributed by atoms with E-state index >= 15 is 0 Å². The summed E-state index contributed by atoms with van der Waals surface area (Å²) in [5.41, 5.74) is 5.41. The summed E-state index contributed by atoms with van der Waals surface area (Å²) < 4.78 is 5.61. The SMILES string of the molecule is C#CCN1C(=O)[C@]2(C(C#N)=C(N)Oc3ccccc32)C2=C1CC(C)(C)CC2=O. The first-order valence-electron chi connectivity index (χ1n) is 8.98. The molecule has 140 valence electrons. The summed E-state index contributed by atoms with van der Waals surface area (Å²) >= 11 is 0. The monoisotopic (exact) mass is 373 g/mol. The number of ether oxygens (including phenoxy) is 1. The molecule has 0 unspecified atom stereocenters. The fourth-order valence-electron chi connectivity index (χ4n) is 4.61. The number of carbonyl (C=O) groups is 2. The standard InChI is InChI=1S/C22H19N3O3/c1-4-9-25-15-10-21(2,3)11-16(26)18(15)22(20(25)27)13-7-5-6-8-17(13)28-19(24)14(22)12-23/h1,5-8H,9-11,24H2,2-3H3/t22-/m1/s1. The fourth-order valence-corrected chi connectivity index (χ4v) is 4.61. The number of hydrogen-bond acceptors (Lipinski definition) is 5. The molecule has 6 heteroatoms. The number of carbonyl (C=O) groups excluding carboxylic acids is 2. The van der Waals surface area contributed by atoms with Crippen molar-refractivity contribution in [1.29, 1.82) is 5.26 Å². The van der Waals surface area contributed by atoms with E-state index in [4.69, 9.17) is 16.9 Å². The van der Waals surface area contributed by atoms with Crippen molar-refractivity contribution in [3.63, 3.8) is 0 Å². The lowest BCUT2D eigenvalue weighted by atomic mass is 9.63. The minimum absolute atomic E-state index is 0.0183. The Kier molecular flexibility index (Phi) is 3.67. The summed E-state index contributed by atoms with van der Waals surface area (Å²) in [6, 6.07) is 8.91. The molecule has 28 heavy (non-hydrogen) atoms. The summed E-state index contributed by atoms with van der Waals surface area (Å²) in [6.45, 7) is 3.97. The highest BCUT2D eigenvalue weighted by molar-refractivity contribution is 6.15. The maximum Gasteiger partial charge on any atom is 0.248 e. The van der Waals surface area contributed by atoms with E-state index in [2.05, 4.69) is 5.92 Å². The molecule has 2 heterocycles. The minimum atomic E-state index is -1.60. The third kappa shape index (κ3) is 2.09. The Hall–Kier alpha value is -3.51. The number of terminal acetylenes is 1. The van der Waals surface area contributed by atoms with Crippen LogP contribution in [0.15, 0.2) is 47.0 Å². The number of hydrogen-bond donors (Lipinski definition) is 1. The van der Waals surface area contributed by atoms with Crippen molar-refractivity contribution in [3.8, 4) is 24.2 Å². The van der Waals surface area contributed by atoms with E-state index in [1.807, 2.05) is 19.9 Å². The molecular weight excluding hydrogens is 354 g/mol. The number of ketones is 1. The van der Waals surface area contributed by atoms with Crippen molar-refractivity contribution in [1.82, 2.24) is 4.90 Å². The van der Waals surface area contributed by atoms with Crippen molar-refractivity contribution in [2.75, 3.05) is 6.54 Å². The first kappa shape index (κ1) is 17.9. The van der Waals surface area contributed by atoms with Crippen LogP contribution in [0.4, 0.5) is 0 Å².